The van der Waals surface area contributed by atoms with Gasteiger partial charge in [-0.25, -0.2) is 9.97 Å². The summed E-state index contributed by atoms with van der Waals surface area (Å²) in [5, 5.41) is 3.41. The van der Waals surface area contributed by atoms with Gasteiger partial charge in [0.1, 0.15) is 11.9 Å². The van der Waals surface area contributed by atoms with E-state index in [0.717, 1.165) is 40.3 Å². The average Bonchev–Trinajstić information content (AvgIpc) is 2.42. The fourth-order valence-corrected chi connectivity index (χ4v) is 2.92. The number of nitrogens with zero attached hydrogens (tertiary/aromatic N) is 2. The zero-order chi connectivity index (χ0) is 16.0. The fourth-order valence-electron chi connectivity index (χ4n) is 2.10. The first-order valence-electron chi connectivity index (χ1n) is 7.76. The predicted octanol–water partition coefficient (Wildman–Crippen LogP) is 4.59. The molecule has 1 rings (SSSR count). The lowest BCUT2D eigenvalue weighted by Gasteiger charge is -2.29. The van der Waals surface area contributed by atoms with Crippen molar-refractivity contribution in [2.45, 2.75) is 60.5 Å². The van der Waals surface area contributed by atoms with Crippen LogP contribution in [0.1, 0.15) is 65.6 Å². The highest BCUT2D eigenvalue weighted by atomic mass is 127. The largest absolute Gasteiger partial charge is 0.370 e. The van der Waals surface area contributed by atoms with Crippen LogP contribution >= 0.6 is 22.6 Å². The number of aryl methyl sites for hydroxylation is 1. The number of aromatic nitrogens is 2. The standard InChI is InChI=1S/C16H28IN3O/c1-7-10-18-14-12(17)11(8-2)19-15(20-14)13(21-9-3)16(4,5)6/h13H,7-10H2,1-6H3,(H,18,19,20). The van der Waals surface area contributed by atoms with Gasteiger partial charge >= 0.3 is 0 Å². The molecule has 1 heterocycles. The van der Waals surface area contributed by atoms with Crippen molar-refractivity contribution in [3.63, 3.8) is 0 Å². The zero-order valence-electron chi connectivity index (χ0n) is 14.1. The SMILES string of the molecule is CCCNc1nc(C(OCC)C(C)(C)C)nc(CC)c1I. The van der Waals surface area contributed by atoms with Gasteiger partial charge in [-0.1, -0.05) is 34.6 Å². The van der Waals surface area contributed by atoms with Crippen LogP contribution in [0.3, 0.4) is 0 Å². The summed E-state index contributed by atoms with van der Waals surface area (Å²) in [6, 6.07) is 0. The number of halogens is 1. The number of anilines is 1. The maximum Gasteiger partial charge on any atom is 0.160 e. The molecule has 120 valence electrons. The van der Waals surface area contributed by atoms with E-state index in [-0.39, 0.29) is 11.5 Å². The molecule has 4 nitrogen and oxygen atoms in total. The van der Waals surface area contributed by atoms with Crippen LogP contribution in [-0.2, 0) is 11.2 Å². The molecule has 5 heteroatoms. The van der Waals surface area contributed by atoms with Crippen LogP contribution in [0.25, 0.3) is 0 Å². The summed E-state index contributed by atoms with van der Waals surface area (Å²) in [4.78, 5) is 9.51. The molecule has 0 aliphatic heterocycles. The number of hydrogen-bond donors (Lipinski definition) is 1. The maximum atomic E-state index is 5.94. The van der Waals surface area contributed by atoms with E-state index in [0.29, 0.717) is 6.61 Å². The highest BCUT2D eigenvalue weighted by Gasteiger charge is 2.30. The lowest BCUT2D eigenvalue weighted by molar-refractivity contribution is -0.0191. The van der Waals surface area contributed by atoms with E-state index in [4.69, 9.17) is 14.7 Å². The fraction of sp³-hybridized carbons (Fsp3) is 0.750. The van der Waals surface area contributed by atoms with Crippen molar-refractivity contribution in [3.05, 3.63) is 15.1 Å². The van der Waals surface area contributed by atoms with E-state index in [1.165, 1.54) is 0 Å². The number of ether oxygens (including phenoxy) is 1. The van der Waals surface area contributed by atoms with Crippen molar-refractivity contribution in [2.24, 2.45) is 5.41 Å². The molecular formula is C16H28IN3O. The Kier molecular flexibility index (Phi) is 7.33. The minimum atomic E-state index is -0.0908. The highest BCUT2D eigenvalue weighted by molar-refractivity contribution is 14.1. The molecule has 1 aromatic rings. The Morgan fingerprint density at radius 2 is 1.86 bits per heavy atom. The quantitative estimate of drug-likeness (QED) is 0.675. The van der Waals surface area contributed by atoms with Gasteiger partial charge in [-0.15, -0.1) is 0 Å². The van der Waals surface area contributed by atoms with Crippen LogP contribution in [0.15, 0.2) is 0 Å². The van der Waals surface area contributed by atoms with Crippen LogP contribution in [0.2, 0.25) is 0 Å². The van der Waals surface area contributed by atoms with E-state index in [9.17, 15) is 0 Å². The minimum Gasteiger partial charge on any atom is -0.370 e. The predicted molar refractivity (Wildman–Crippen MR) is 96.7 cm³/mol. The second-order valence-corrected chi connectivity index (χ2v) is 7.25. The topological polar surface area (TPSA) is 47.0 Å². The summed E-state index contributed by atoms with van der Waals surface area (Å²) in [7, 11) is 0. The molecule has 0 aromatic carbocycles. The van der Waals surface area contributed by atoms with Crippen molar-refractivity contribution >= 4 is 28.4 Å². The molecule has 0 saturated carbocycles. The molecule has 0 aliphatic carbocycles. The van der Waals surface area contributed by atoms with E-state index >= 15 is 0 Å². The van der Waals surface area contributed by atoms with Gasteiger partial charge < -0.3 is 10.1 Å². The van der Waals surface area contributed by atoms with E-state index in [1.807, 2.05) is 6.92 Å². The summed E-state index contributed by atoms with van der Waals surface area (Å²) in [5.41, 5.74) is 1.06. The van der Waals surface area contributed by atoms with Crippen molar-refractivity contribution in [2.75, 3.05) is 18.5 Å². The van der Waals surface area contributed by atoms with Crippen molar-refractivity contribution in [1.29, 1.82) is 0 Å². The normalized spacial score (nSPS) is 13.3. The second-order valence-electron chi connectivity index (χ2n) is 6.17. The molecule has 0 spiro atoms. The third-order valence-electron chi connectivity index (χ3n) is 3.17. The Morgan fingerprint density at radius 3 is 2.33 bits per heavy atom. The molecule has 1 unspecified atom stereocenters. The molecule has 0 fully saturated rings. The van der Waals surface area contributed by atoms with Gasteiger partial charge in [-0.2, -0.15) is 0 Å². The molecule has 0 radical (unpaired) electrons. The van der Waals surface area contributed by atoms with Gasteiger partial charge in [0.05, 0.1) is 9.26 Å². The van der Waals surface area contributed by atoms with E-state index < -0.39 is 0 Å². The summed E-state index contributed by atoms with van der Waals surface area (Å²) in [6.07, 6.45) is 1.88. The molecular weight excluding hydrogens is 377 g/mol. The molecule has 1 aromatic heterocycles. The third kappa shape index (κ3) is 5.06. The Hall–Kier alpha value is -0.430. The molecule has 0 aliphatic rings. The number of nitrogens with one attached hydrogen (secondary N) is 1. The van der Waals surface area contributed by atoms with Gasteiger partial charge in [0, 0.05) is 13.2 Å². The first-order valence-corrected chi connectivity index (χ1v) is 8.84. The molecule has 0 saturated heterocycles. The third-order valence-corrected chi connectivity index (χ3v) is 4.30. The smallest absolute Gasteiger partial charge is 0.160 e. The highest BCUT2D eigenvalue weighted by Crippen LogP contribution is 2.35. The molecule has 1 N–H and O–H groups in total. The Labute approximate surface area is 142 Å². The summed E-state index contributed by atoms with van der Waals surface area (Å²) in [6.45, 7) is 14.4. The molecule has 0 bridgehead atoms. The van der Waals surface area contributed by atoms with Crippen LogP contribution in [0.4, 0.5) is 5.82 Å². The number of rotatable bonds is 7. The van der Waals surface area contributed by atoms with Gasteiger partial charge in [-0.3, -0.25) is 0 Å². The minimum absolute atomic E-state index is 0.0319. The first kappa shape index (κ1) is 18.6. The Balaban J connectivity index is 3.26. The van der Waals surface area contributed by atoms with Crippen LogP contribution in [0, 0.1) is 8.99 Å². The van der Waals surface area contributed by atoms with Crippen molar-refractivity contribution in [1.82, 2.24) is 9.97 Å². The molecule has 1 atom stereocenters. The van der Waals surface area contributed by atoms with Gasteiger partial charge in [0.2, 0.25) is 0 Å². The van der Waals surface area contributed by atoms with Crippen LogP contribution in [-0.4, -0.2) is 23.1 Å². The second kappa shape index (κ2) is 8.27. The van der Waals surface area contributed by atoms with Crippen LogP contribution < -0.4 is 5.32 Å². The summed E-state index contributed by atoms with van der Waals surface area (Å²) < 4.78 is 7.06. The lowest BCUT2D eigenvalue weighted by atomic mass is 9.88. The Bertz CT molecular complexity index is 458. The number of hydrogen-bond acceptors (Lipinski definition) is 4. The van der Waals surface area contributed by atoms with Crippen LogP contribution in [0.5, 0.6) is 0 Å². The summed E-state index contributed by atoms with van der Waals surface area (Å²) in [5.74, 6) is 1.73. The lowest BCUT2D eigenvalue weighted by Crippen LogP contribution is -2.25. The first-order chi connectivity index (χ1) is 9.85. The van der Waals surface area contributed by atoms with E-state index in [1.54, 1.807) is 0 Å². The van der Waals surface area contributed by atoms with Gasteiger partial charge in [0.15, 0.2) is 5.82 Å². The van der Waals surface area contributed by atoms with Gasteiger partial charge in [-0.05, 0) is 47.8 Å². The van der Waals surface area contributed by atoms with E-state index in [2.05, 4.69) is 62.5 Å². The van der Waals surface area contributed by atoms with Gasteiger partial charge in [0.25, 0.3) is 0 Å². The maximum absolute atomic E-state index is 5.94. The Morgan fingerprint density at radius 1 is 1.19 bits per heavy atom. The van der Waals surface area contributed by atoms with Crippen molar-refractivity contribution in [3.8, 4) is 0 Å². The monoisotopic (exact) mass is 405 g/mol. The molecule has 21 heavy (non-hydrogen) atoms. The van der Waals surface area contributed by atoms with Crippen molar-refractivity contribution < 1.29 is 4.74 Å². The summed E-state index contributed by atoms with van der Waals surface area (Å²) >= 11 is 2.33. The average molecular weight is 405 g/mol. The molecule has 0 amide bonds. The zero-order valence-corrected chi connectivity index (χ0v) is 16.2.